The van der Waals surface area contributed by atoms with Gasteiger partial charge in [-0.2, -0.15) is 0 Å². The molecule has 0 amide bonds. The van der Waals surface area contributed by atoms with Gasteiger partial charge < -0.3 is 24.4 Å². The number of esters is 2. The van der Waals surface area contributed by atoms with E-state index in [0.29, 0.717) is 19.3 Å². The summed E-state index contributed by atoms with van der Waals surface area (Å²) < 4.78 is 26.3. The molecule has 0 aromatic rings. The van der Waals surface area contributed by atoms with E-state index in [1.54, 1.807) is 0 Å². The second kappa shape index (κ2) is 38.3. The van der Waals surface area contributed by atoms with E-state index >= 15 is 0 Å². The molecule has 0 saturated heterocycles. The van der Waals surface area contributed by atoms with Crippen molar-refractivity contribution in [2.24, 2.45) is 5.92 Å². The van der Waals surface area contributed by atoms with Crippen molar-refractivity contribution in [3.63, 3.8) is 0 Å². The van der Waals surface area contributed by atoms with Gasteiger partial charge in [0.15, 0.2) is 6.10 Å². The minimum atomic E-state index is -4.77. The summed E-state index contributed by atoms with van der Waals surface area (Å²) in [5.41, 5.74) is 0. The lowest BCUT2D eigenvalue weighted by atomic mass is 10.0. The van der Waals surface area contributed by atoms with Crippen molar-refractivity contribution >= 4 is 19.8 Å². The highest BCUT2D eigenvalue weighted by Gasteiger charge is 2.22. The standard InChI is InChI=1S/C43H77O9P/c1-40(2)34-30-26-22-18-14-10-7-8-12-16-20-24-28-32-36-43(46)52-41(39-51-53(47,48)49)38-50-42(45)35-31-27-23-19-15-11-6-4-3-5-9-13-17-21-25-29-33-37-44/h3,5-6,11,13,17,19,23,40-41,44H,4,7-10,12,14-16,18,20-22,24-39H2,1-2H3,(H2,47,48,49)/b5-3-,11-6-,17-13-,23-19-/t41-/m1/s1. The number of allylic oxidation sites excluding steroid dienone is 8. The van der Waals surface area contributed by atoms with Gasteiger partial charge in [0.25, 0.3) is 0 Å². The Morgan fingerprint density at radius 1 is 0.547 bits per heavy atom. The van der Waals surface area contributed by atoms with E-state index in [1.165, 1.54) is 70.6 Å². The van der Waals surface area contributed by atoms with Crippen LogP contribution in [0.15, 0.2) is 48.6 Å². The molecule has 0 aliphatic carbocycles. The molecule has 0 unspecified atom stereocenters. The van der Waals surface area contributed by atoms with Crippen LogP contribution in [0.5, 0.6) is 0 Å². The van der Waals surface area contributed by atoms with Crippen molar-refractivity contribution in [2.75, 3.05) is 19.8 Å². The Bertz CT molecular complexity index is 1020. The highest BCUT2D eigenvalue weighted by molar-refractivity contribution is 7.46. The number of carbonyl (C=O) groups excluding carboxylic acids is 2. The molecule has 308 valence electrons. The summed E-state index contributed by atoms with van der Waals surface area (Å²) in [6.07, 6.45) is 42.8. The maximum atomic E-state index is 12.4. The Balaban J connectivity index is 4.00. The summed E-state index contributed by atoms with van der Waals surface area (Å²) in [5.74, 6) is -0.138. The lowest BCUT2D eigenvalue weighted by Crippen LogP contribution is -2.29. The fourth-order valence-corrected chi connectivity index (χ4v) is 6.07. The number of rotatable bonds is 38. The molecule has 0 aliphatic heterocycles. The summed E-state index contributed by atoms with van der Waals surface area (Å²) >= 11 is 0. The molecule has 3 N–H and O–H groups in total. The molecule has 0 aromatic heterocycles. The first kappa shape index (κ1) is 51.0. The van der Waals surface area contributed by atoms with Crippen LogP contribution < -0.4 is 0 Å². The van der Waals surface area contributed by atoms with E-state index in [-0.39, 0.29) is 26.1 Å². The van der Waals surface area contributed by atoms with Crippen LogP contribution >= 0.6 is 7.82 Å². The maximum Gasteiger partial charge on any atom is 0.469 e. The van der Waals surface area contributed by atoms with Crippen LogP contribution in [0.2, 0.25) is 0 Å². The van der Waals surface area contributed by atoms with Gasteiger partial charge in [-0.1, -0.05) is 159 Å². The quantitative estimate of drug-likeness (QED) is 0.0242. The predicted molar refractivity (Wildman–Crippen MR) is 217 cm³/mol. The van der Waals surface area contributed by atoms with Crippen LogP contribution in [0.1, 0.15) is 181 Å². The van der Waals surface area contributed by atoms with Gasteiger partial charge in [0.1, 0.15) is 6.61 Å². The smallest absolute Gasteiger partial charge is 0.462 e. The number of unbranched alkanes of at least 4 members (excludes halogenated alkanes) is 17. The van der Waals surface area contributed by atoms with Crippen molar-refractivity contribution in [3.05, 3.63) is 48.6 Å². The lowest BCUT2D eigenvalue weighted by molar-refractivity contribution is -0.161. The zero-order valence-corrected chi connectivity index (χ0v) is 34.4. The van der Waals surface area contributed by atoms with E-state index in [0.717, 1.165) is 70.1 Å². The van der Waals surface area contributed by atoms with Gasteiger partial charge in [-0.05, 0) is 63.7 Å². The van der Waals surface area contributed by atoms with Crippen molar-refractivity contribution in [2.45, 2.75) is 187 Å². The zero-order valence-electron chi connectivity index (χ0n) is 33.5. The molecule has 0 fully saturated rings. The zero-order chi connectivity index (χ0) is 39.1. The number of hydrogen-bond donors (Lipinski definition) is 3. The molecule has 0 bridgehead atoms. The molecule has 0 aromatic carbocycles. The van der Waals surface area contributed by atoms with Crippen LogP contribution in [-0.4, -0.2) is 52.8 Å². The topological polar surface area (TPSA) is 140 Å². The van der Waals surface area contributed by atoms with Crippen molar-refractivity contribution < 1.29 is 43.0 Å². The molecule has 0 spiro atoms. The average molecular weight is 769 g/mol. The van der Waals surface area contributed by atoms with E-state index in [2.05, 4.69) is 60.9 Å². The van der Waals surface area contributed by atoms with Gasteiger partial charge in [0, 0.05) is 19.4 Å². The SMILES string of the molecule is CC(C)CCCCCCCCCCCCCCCCC(=O)O[C@H](COC(=O)CCC/C=C\C/C=C\C/C=C\C/C=C\CCCCCO)COP(=O)(O)O. The summed E-state index contributed by atoms with van der Waals surface area (Å²) in [6.45, 7) is 3.99. The fraction of sp³-hybridized carbons (Fsp3) is 0.767. The average Bonchev–Trinajstić information content (AvgIpc) is 3.11. The van der Waals surface area contributed by atoms with Gasteiger partial charge in [0.05, 0.1) is 6.61 Å². The second-order valence-electron chi connectivity index (χ2n) is 14.5. The minimum Gasteiger partial charge on any atom is -0.462 e. The Morgan fingerprint density at radius 3 is 1.47 bits per heavy atom. The predicted octanol–water partition coefficient (Wildman–Crippen LogP) is 11.6. The lowest BCUT2D eigenvalue weighted by Gasteiger charge is -2.18. The molecule has 0 saturated carbocycles. The van der Waals surface area contributed by atoms with E-state index < -0.39 is 32.5 Å². The summed E-state index contributed by atoms with van der Waals surface area (Å²) in [4.78, 5) is 42.8. The summed E-state index contributed by atoms with van der Waals surface area (Å²) in [6, 6.07) is 0. The normalized spacial score (nSPS) is 13.0. The third-order valence-electron chi connectivity index (χ3n) is 8.83. The van der Waals surface area contributed by atoms with Crippen LogP contribution in [0.25, 0.3) is 0 Å². The Labute approximate surface area is 323 Å². The molecule has 1 atom stereocenters. The number of phosphoric ester groups is 1. The molecular formula is C43H77O9P. The highest BCUT2D eigenvalue weighted by atomic mass is 31.2. The van der Waals surface area contributed by atoms with E-state index in [1.807, 2.05) is 6.08 Å². The van der Waals surface area contributed by atoms with Crippen LogP contribution in [0.3, 0.4) is 0 Å². The van der Waals surface area contributed by atoms with Gasteiger partial charge in [-0.3, -0.25) is 14.1 Å². The van der Waals surface area contributed by atoms with Gasteiger partial charge >= 0.3 is 19.8 Å². The number of hydrogen-bond acceptors (Lipinski definition) is 7. The third-order valence-corrected chi connectivity index (χ3v) is 9.32. The highest BCUT2D eigenvalue weighted by Crippen LogP contribution is 2.36. The first-order valence-corrected chi connectivity index (χ1v) is 22.4. The van der Waals surface area contributed by atoms with Gasteiger partial charge in [-0.15, -0.1) is 0 Å². The Kier molecular flexibility index (Phi) is 36.8. The number of aliphatic hydroxyl groups is 1. The Hall–Kier alpha value is -2.03. The molecule has 0 rings (SSSR count). The molecule has 10 heteroatoms. The molecule has 9 nitrogen and oxygen atoms in total. The number of ether oxygens (including phenoxy) is 2. The number of aliphatic hydroxyl groups excluding tert-OH is 1. The van der Waals surface area contributed by atoms with E-state index in [4.69, 9.17) is 24.4 Å². The summed E-state index contributed by atoms with van der Waals surface area (Å²) in [5, 5.41) is 8.77. The van der Waals surface area contributed by atoms with Crippen LogP contribution in [0.4, 0.5) is 0 Å². The molecule has 0 aliphatic rings. The Morgan fingerprint density at radius 2 is 0.981 bits per heavy atom. The molecule has 53 heavy (non-hydrogen) atoms. The monoisotopic (exact) mass is 769 g/mol. The van der Waals surface area contributed by atoms with E-state index in [9.17, 15) is 14.2 Å². The van der Waals surface area contributed by atoms with Crippen LogP contribution in [0, 0.1) is 5.92 Å². The first-order valence-electron chi connectivity index (χ1n) is 20.9. The fourth-order valence-electron chi connectivity index (χ4n) is 5.71. The minimum absolute atomic E-state index is 0.181. The largest absolute Gasteiger partial charge is 0.469 e. The van der Waals surface area contributed by atoms with Crippen molar-refractivity contribution in [3.8, 4) is 0 Å². The molecule has 0 radical (unpaired) electrons. The number of phosphoric acid groups is 1. The molecule has 0 heterocycles. The maximum absolute atomic E-state index is 12.4. The van der Waals surface area contributed by atoms with Crippen molar-refractivity contribution in [1.29, 1.82) is 0 Å². The number of carbonyl (C=O) groups is 2. The summed E-state index contributed by atoms with van der Waals surface area (Å²) in [7, 11) is -4.77. The third kappa shape index (κ3) is 42.6. The van der Waals surface area contributed by atoms with Gasteiger partial charge in [0.2, 0.25) is 0 Å². The first-order chi connectivity index (χ1) is 25.6. The second-order valence-corrected chi connectivity index (χ2v) is 15.8. The van der Waals surface area contributed by atoms with Crippen molar-refractivity contribution in [1.82, 2.24) is 0 Å². The van der Waals surface area contributed by atoms with Crippen LogP contribution in [-0.2, 0) is 28.2 Å². The molecular weight excluding hydrogens is 691 g/mol. The van der Waals surface area contributed by atoms with Gasteiger partial charge in [-0.25, -0.2) is 4.57 Å².